The number of aryl methyl sites for hydroxylation is 1. The van der Waals surface area contributed by atoms with Crippen LogP contribution in [0, 0.1) is 0 Å². The third-order valence-corrected chi connectivity index (χ3v) is 5.42. The predicted octanol–water partition coefficient (Wildman–Crippen LogP) is 4.93. The molecule has 152 valence electrons. The third-order valence-electron chi connectivity index (χ3n) is 5.19. The molecule has 2 aromatic heterocycles. The van der Waals surface area contributed by atoms with E-state index in [-0.39, 0.29) is 5.91 Å². The number of aromatic nitrogens is 5. The number of aromatic amines is 1. The summed E-state index contributed by atoms with van der Waals surface area (Å²) in [5.74, 6) is 0.103. The zero-order chi connectivity index (χ0) is 21.4. The number of para-hydroxylation sites is 1. The third kappa shape index (κ3) is 3.45. The van der Waals surface area contributed by atoms with Crippen LogP contribution in [0.1, 0.15) is 10.5 Å². The summed E-state index contributed by atoms with van der Waals surface area (Å²) < 4.78 is 1.91. The maximum absolute atomic E-state index is 13.2. The van der Waals surface area contributed by atoms with Crippen LogP contribution in [0.15, 0.2) is 72.8 Å². The first-order chi connectivity index (χ1) is 15.1. The first-order valence-electron chi connectivity index (χ1n) is 9.60. The zero-order valence-corrected chi connectivity index (χ0v) is 17.3. The minimum Gasteiger partial charge on any atom is -0.339 e. The van der Waals surface area contributed by atoms with Crippen molar-refractivity contribution in [2.24, 2.45) is 7.05 Å². The molecule has 0 saturated heterocycles. The van der Waals surface area contributed by atoms with Gasteiger partial charge in [0.1, 0.15) is 5.69 Å². The number of nitrogens with zero attached hydrogens (tertiary/aromatic N) is 4. The molecular formula is C23H17ClN6O. The molecule has 0 spiro atoms. The zero-order valence-electron chi connectivity index (χ0n) is 16.5. The van der Waals surface area contributed by atoms with Gasteiger partial charge in [-0.15, -0.1) is 10.2 Å². The van der Waals surface area contributed by atoms with Crippen molar-refractivity contribution in [1.29, 1.82) is 0 Å². The van der Waals surface area contributed by atoms with Crippen molar-refractivity contribution in [2.75, 3.05) is 5.32 Å². The minimum atomic E-state index is -0.246. The van der Waals surface area contributed by atoms with Crippen molar-refractivity contribution >= 4 is 34.1 Å². The molecule has 0 unspecified atom stereocenters. The molecule has 2 N–H and O–H groups in total. The minimum absolute atomic E-state index is 0.246. The second kappa shape index (κ2) is 7.70. The summed E-state index contributed by atoms with van der Waals surface area (Å²) in [7, 11) is 1.89. The van der Waals surface area contributed by atoms with E-state index in [9.17, 15) is 4.79 Å². The lowest BCUT2D eigenvalue weighted by Crippen LogP contribution is -2.16. The number of anilines is 1. The van der Waals surface area contributed by atoms with Gasteiger partial charge in [0.15, 0.2) is 0 Å². The molecule has 8 heteroatoms. The van der Waals surface area contributed by atoms with Crippen LogP contribution in [-0.4, -0.2) is 31.1 Å². The maximum Gasteiger partial charge on any atom is 0.272 e. The topological polar surface area (TPSA) is 88.5 Å². The van der Waals surface area contributed by atoms with Gasteiger partial charge in [-0.1, -0.05) is 60.1 Å². The van der Waals surface area contributed by atoms with E-state index in [4.69, 9.17) is 11.6 Å². The Balaban J connectivity index is 1.56. The molecule has 3 aromatic carbocycles. The predicted molar refractivity (Wildman–Crippen MR) is 121 cm³/mol. The number of carbonyl (C=O) groups is 1. The van der Waals surface area contributed by atoms with Gasteiger partial charge in [-0.2, -0.15) is 5.21 Å². The molecule has 5 aromatic rings. The SMILES string of the molecule is Cn1c(C(=O)Nc2ccc(Cl)cc2-c2nn[nH]n2)cc2cccc(-c3ccccc3)c21. The highest BCUT2D eigenvalue weighted by Crippen LogP contribution is 2.32. The standard InChI is InChI=1S/C23H17ClN6O/c1-30-20(12-15-8-5-9-17(21(15)30)14-6-3-2-4-7-14)23(31)25-19-11-10-16(24)13-18(19)22-26-28-29-27-22/h2-13H,1H3,(H,25,31)(H,26,27,28,29). The van der Waals surface area contributed by atoms with Crippen LogP contribution in [0.2, 0.25) is 5.02 Å². The fourth-order valence-electron chi connectivity index (χ4n) is 3.76. The number of H-pyrrole nitrogens is 1. The van der Waals surface area contributed by atoms with Gasteiger partial charge in [0.05, 0.1) is 11.2 Å². The van der Waals surface area contributed by atoms with Crippen LogP contribution in [-0.2, 0) is 7.05 Å². The van der Waals surface area contributed by atoms with E-state index in [0.29, 0.717) is 27.8 Å². The fourth-order valence-corrected chi connectivity index (χ4v) is 3.93. The molecule has 0 radical (unpaired) electrons. The average molecular weight is 429 g/mol. The van der Waals surface area contributed by atoms with Crippen molar-refractivity contribution in [3.63, 3.8) is 0 Å². The molecule has 0 fully saturated rings. The summed E-state index contributed by atoms with van der Waals surface area (Å²) >= 11 is 6.14. The summed E-state index contributed by atoms with van der Waals surface area (Å²) in [6, 6.07) is 23.2. The number of tetrazole rings is 1. The van der Waals surface area contributed by atoms with E-state index in [1.54, 1.807) is 18.2 Å². The second-order valence-corrected chi connectivity index (χ2v) is 7.51. The number of hydrogen-bond acceptors (Lipinski definition) is 4. The van der Waals surface area contributed by atoms with Crippen molar-refractivity contribution in [3.05, 3.63) is 83.5 Å². The van der Waals surface area contributed by atoms with Crippen LogP contribution in [0.25, 0.3) is 33.4 Å². The summed E-state index contributed by atoms with van der Waals surface area (Å²) in [5, 5.41) is 18.5. The Morgan fingerprint density at radius 2 is 1.84 bits per heavy atom. The first-order valence-corrected chi connectivity index (χ1v) is 9.98. The number of rotatable bonds is 4. The number of carbonyl (C=O) groups excluding carboxylic acids is 1. The molecule has 1 amide bonds. The quantitative estimate of drug-likeness (QED) is 0.424. The van der Waals surface area contributed by atoms with Crippen LogP contribution >= 0.6 is 11.6 Å². The van der Waals surface area contributed by atoms with E-state index in [1.165, 1.54) is 0 Å². The van der Waals surface area contributed by atoms with Gasteiger partial charge in [0.25, 0.3) is 5.91 Å². The van der Waals surface area contributed by atoms with Gasteiger partial charge >= 0.3 is 0 Å². The van der Waals surface area contributed by atoms with Gasteiger partial charge in [0, 0.05) is 28.6 Å². The van der Waals surface area contributed by atoms with E-state index >= 15 is 0 Å². The molecule has 0 saturated carbocycles. The Morgan fingerprint density at radius 3 is 2.61 bits per heavy atom. The average Bonchev–Trinajstić information content (AvgIpc) is 3.44. The monoisotopic (exact) mass is 428 g/mol. The molecule has 0 atom stereocenters. The van der Waals surface area contributed by atoms with Gasteiger partial charge in [0.2, 0.25) is 5.82 Å². The Bertz CT molecular complexity index is 1390. The Kier molecular flexibility index (Phi) is 4.72. The maximum atomic E-state index is 13.2. The van der Waals surface area contributed by atoms with E-state index < -0.39 is 0 Å². The Morgan fingerprint density at radius 1 is 1.00 bits per heavy atom. The Hall–Kier alpha value is -3.97. The van der Waals surface area contributed by atoms with Gasteiger partial charge in [-0.25, -0.2) is 0 Å². The molecular weight excluding hydrogens is 412 g/mol. The molecule has 0 aliphatic carbocycles. The fraction of sp³-hybridized carbons (Fsp3) is 0.0435. The van der Waals surface area contributed by atoms with Crippen molar-refractivity contribution < 1.29 is 4.79 Å². The number of benzene rings is 3. The Labute approximate surface area is 182 Å². The lowest BCUT2D eigenvalue weighted by molar-refractivity contribution is 0.102. The van der Waals surface area contributed by atoms with Crippen LogP contribution < -0.4 is 5.32 Å². The lowest BCUT2D eigenvalue weighted by Gasteiger charge is -2.11. The molecule has 7 nitrogen and oxygen atoms in total. The van der Waals surface area contributed by atoms with Gasteiger partial charge in [-0.3, -0.25) is 4.79 Å². The summed E-state index contributed by atoms with van der Waals surface area (Å²) in [5.41, 5.74) is 4.82. The van der Waals surface area contributed by atoms with Crippen molar-refractivity contribution in [3.8, 4) is 22.5 Å². The highest BCUT2D eigenvalue weighted by Gasteiger charge is 2.19. The number of hydrogen-bond donors (Lipinski definition) is 2. The van der Waals surface area contributed by atoms with Crippen LogP contribution in [0.5, 0.6) is 0 Å². The number of amides is 1. The normalized spacial score (nSPS) is 11.0. The van der Waals surface area contributed by atoms with Crippen molar-refractivity contribution in [1.82, 2.24) is 25.2 Å². The van der Waals surface area contributed by atoms with Crippen LogP contribution in [0.4, 0.5) is 5.69 Å². The lowest BCUT2D eigenvalue weighted by atomic mass is 10.0. The highest BCUT2D eigenvalue weighted by atomic mass is 35.5. The van der Waals surface area contributed by atoms with E-state index in [2.05, 4.69) is 44.1 Å². The van der Waals surface area contributed by atoms with Crippen LogP contribution in [0.3, 0.4) is 0 Å². The molecule has 2 heterocycles. The van der Waals surface area contributed by atoms with Crippen molar-refractivity contribution in [2.45, 2.75) is 0 Å². The first kappa shape index (κ1) is 19.0. The largest absolute Gasteiger partial charge is 0.339 e. The molecule has 0 aliphatic rings. The summed E-state index contributed by atoms with van der Waals surface area (Å²) in [6.45, 7) is 0. The molecule has 0 aliphatic heterocycles. The highest BCUT2D eigenvalue weighted by molar-refractivity contribution is 6.31. The summed E-state index contributed by atoms with van der Waals surface area (Å²) in [4.78, 5) is 13.2. The van der Waals surface area contributed by atoms with E-state index in [0.717, 1.165) is 22.0 Å². The molecule has 5 rings (SSSR count). The summed E-state index contributed by atoms with van der Waals surface area (Å²) in [6.07, 6.45) is 0. The van der Waals surface area contributed by atoms with Gasteiger partial charge < -0.3 is 9.88 Å². The van der Waals surface area contributed by atoms with Gasteiger partial charge in [-0.05, 0) is 35.0 Å². The second-order valence-electron chi connectivity index (χ2n) is 7.08. The number of nitrogens with one attached hydrogen (secondary N) is 2. The van der Waals surface area contributed by atoms with E-state index in [1.807, 2.05) is 48.0 Å². The number of halogens is 1. The number of fused-ring (bicyclic) bond motifs is 1. The molecule has 0 bridgehead atoms. The smallest absolute Gasteiger partial charge is 0.272 e. The molecule has 31 heavy (non-hydrogen) atoms.